The van der Waals surface area contributed by atoms with Crippen LogP contribution in [0.3, 0.4) is 0 Å². The van der Waals surface area contributed by atoms with E-state index in [2.05, 4.69) is 18.0 Å². The molecule has 0 spiro atoms. The lowest BCUT2D eigenvalue weighted by molar-refractivity contribution is 0.112. The van der Waals surface area contributed by atoms with Crippen LogP contribution in [0.15, 0.2) is 18.2 Å². The highest BCUT2D eigenvalue weighted by Gasteiger charge is 2.05. The lowest BCUT2D eigenvalue weighted by atomic mass is 10.1. The number of nitrogens with one attached hydrogen (secondary N) is 1. The molecule has 0 aliphatic heterocycles. The first-order chi connectivity index (χ1) is 9.24. The first-order valence-electron chi connectivity index (χ1n) is 6.96. The van der Waals surface area contributed by atoms with Crippen LogP contribution in [0.1, 0.15) is 48.7 Å². The van der Waals surface area contributed by atoms with Gasteiger partial charge in [0.25, 0.3) is 0 Å². The molecule has 0 saturated carbocycles. The molecule has 0 aliphatic carbocycles. The van der Waals surface area contributed by atoms with Crippen LogP contribution in [0, 0.1) is 6.92 Å². The van der Waals surface area contributed by atoms with Crippen LogP contribution in [-0.2, 0) is 0 Å². The molecule has 1 aromatic carbocycles. The number of fused-ring (bicyclic) bond motifs is 1. The van der Waals surface area contributed by atoms with E-state index < -0.39 is 0 Å². The normalized spacial score (nSPS) is 10.8. The Kier molecular flexibility index (Phi) is 4.61. The van der Waals surface area contributed by atoms with Crippen molar-refractivity contribution in [3.63, 3.8) is 0 Å². The Balaban J connectivity index is 2.05. The van der Waals surface area contributed by atoms with Crippen molar-refractivity contribution in [2.75, 3.05) is 6.61 Å². The van der Waals surface area contributed by atoms with Crippen molar-refractivity contribution in [1.29, 1.82) is 0 Å². The molecule has 0 fully saturated rings. The third-order valence-electron chi connectivity index (χ3n) is 3.32. The van der Waals surface area contributed by atoms with Crippen molar-refractivity contribution in [2.45, 2.75) is 39.5 Å². The van der Waals surface area contributed by atoms with Gasteiger partial charge in [0.15, 0.2) is 6.29 Å². The second-order valence-corrected chi connectivity index (χ2v) is 4.96. The molecule has 3 nitrogen and oxygen atoms in total. The van der Waals surface area contributed by atoms with Gasteiger partial charge in [0.05, 0.1) is 12.3 Å². The van der Waals surface area contributed by atoms with Gasteiger partial charge in [0.2, 0.25) is 0 Å². The fourth-order valence-corrected chi connectivity index (χ4v) is 2.23. The van der Waals surface area contributed by atoms with E-state index in [9.17, 15) is 4.79 Å². The summed E-state index contributed by atoms with van der Waals surface area (Å²) in [6, 6.07) is 5.90. The van der Waals surface area contributed by atoms with Gasteiger partial charge in [0, 0.05) is 17.0 Å². The molecule has 2 rings (SSSR count). The molecule has 0 aliphatic rings. The highest BCUT2D eigenvalue weighted by atomic mass is 16.5. The Morgan fingerprint density at radius 2 is 2.05 bits per heavy atom. The molecule has 0 saturated heterocycles. The highest BCUT2D eigenvalue weighted by Crippen LogP contribution is 2.25. The summed E-state index contributed by atoms with van der Waals surface area (Å²) < 4.78 is 5.83. The van der Waals surface area contributed by atoms with Gasteiger partial charge in [-0.2, -0.15) is 0 Å². The van der Waals surface area contributed by atoms with Gasteiger partial charge in [-0.25, -0.2) is 0 Å². The lowest BCUT2D eigenvalue weighted by Gasteiger charge is -2.09. The summed E-state index contributed by atoms with van der Waals surface area (Å²) in [6.07, 6.45) is 5.65. The van der Waals surface area contributed by atoms with E-state index >= 15 is 0 Å². The maximum Gasteiger partial charge on any atom is 0.166 e. The van der Waals surface area contributed by atoms with Crippen molar-refractivity contribution in [1.82, 2.24) is 4.98 Å². The van der Waals surface area contributed by atoms with Gasteiger partial charge in [-0.1, -0.05) is 26.2 Å². The average Bonchev–Trinajstić information content (AvgIpc) is 2.80. The molecule has 1 N–H and O–H groups in total. The van der Waals surface area contributed by atoms with Crippen molar-refractivity contribution < 1.29 is 9.53 Å². The Bertz CT molecular complexity index is 557. The number of rotatable bonds is 7. The van der Waals surface area contributed by atoms with Crippen molar-refractivity contribution in [3.05, 3.63) is 29.5 Å². The average molecular weight is 259 g/mol. The van der Waals surface area contributed by atoms with Crippen LogP contribution < -0.4 is 4.74 Å². The topological polar surface area (TPSA) is 42.1 Å². The Morgan fingerprint density at radius 3 is 2.79 bits per heavy atom. The van der Waals surface area contributed by atoms with Gasteiger partial charge in [-0.3, -0.25) is 4.79 Å². The van der Waals surface area contributed by atoms with Gasteiger partial charge in [0.1, 0.15) is 5.75 Å². The molecule has 1 aromatic heterocycles. The second kappa shape index (κ2) is 6.41. The van der Waals surface area contributed by atoms with E-state index in [4.69, 9.17) is 4.74 Å². The Labute approximate surface area is 114 Å². The zero-order valence-electron chi connectivity index (χ0n) is 11.7. The monoisotopic (exact) mass is 259 g/mol. The number of carbonyl (C=O) groups is 1. The molecule has 3 heteroatoms. The number of hydrogen-bond donors (Lipinski definition) is 1. The minimum absolute atomic E-state index is 0.606. The first-order valence-corrected chi connectivity index (χ1v) is 6.96. The van der Waals surface area contributed by atoms with Crippen LogP contribution in [0.5, 0.6) is 5.75 Å². The maximum absolute atomic E-state index is 10.8. The molecule has 102 valence electrons. The lowest BCUT2D eigenvalue weighted by Crippen LogP contribution is -1.98. The van der Waals surface area contributed by atoms with Crippen LogP contribution >= 0.6 is 0 Å². The SMILES string of the molecule is CCCCCCOc1cc2[nH]c(C=O)cc2cc1C. The van der Waals surface area contributed by atoms with Crippen molar-refractivity contribution in [3.8, 4) is 5.75 Å². The number of aldehydes is 1. The molecule has 0 unspecified atom stereocenters. The number of aromatic nitrogens is 1. The van der Waals surface area contributed by atoms with E-state index in [0.717, 1.165) is 41.5 Å². The van der Waals surface area contributed by atoms with E-state index in [-0.39, 0.29) is 0 Å². The highest BCUT2D eigenvalue weighted by molar-refractivity contribution is 5.89. The molecule has 2 aromatic rings. The number of ether oxygens (including phenoxy) is 1. The third kappa shape index (κ3) is 3.37. The summed E-state index contributed by atoms with van der Waals surface area (Å²) in [7, 11) is 0. The molecule has 19 heavy (non-hydrogen) atoms. The van der Waals surface area contributed by atoms with Crippen molar-refractivity contribution in [2.24, 2.45) is 0 Å². The minimum atomic E-state index is 0.606. The predicted molar refractivity (Wildman–Crippen MR) is 78.1 cm³/mol. The van der Waals surface area contributed by atoms with Crippen LogP contribution in [-0.4, -0.2) is 17.9 Å². The standard InChI is InChI=1S/C16H21NO2/c1-3-4-5-6-7-19-16-10-15-13(8-12(16)2)9-14(11-18)17-15/h8-11,17H,3-7H2,1-2H3. The molecule has 0 amide bonds. The molecule has 0 bridgehead atoms. The van der Waals surface area contributed by atoms with Crippen LogP contribution in [0.25, 0.3) is 10.9 Å². The Hall–Kier alpha value is -1.77. The van der Waals surface area contributed by atoms with Crippen LogP contribution in [0.2, 0.25) is 0 Å². The Morgan fingerprint density at radius 1 is 1.21 bits per heavy atom. The predicted octanol–water partition coefficient (Wildman–Crippen LogP) is 4.25. The van der Waals surface area contributed by atoms with Gasteiger partial charge in [-0.05, 0) is 31.0 Å². The molecule has 0 atom stereocenters. The first kappa shape index (κ1) is 13.7. The number of hydrogen-bond acceptors (Lipinski definition) is 2. The third-order valence-corrected chi connectivity index (χ3v) is 3.32. The van der Waals surface area contributed by atoms with E-state index in [1.165, 1.54) is 19.3 Å². The van der Waals surface area contributed by atoms with E-state index in [1.807, 2.05) is 19.1 Å². The fraction of sp³-hybridized carbons (Fsp3) is 0.438. The number of H-pyrrole nitrogens is 1. The number of aromatic amines is 1. The summed E-state index contributed by atoms with van der Waals surface area (Å²) >= 11 is 0. The van der Waals surface area contributed by atoms with Gasteiger partial charge in [-0.15, -0.1) is 0 Å². The summed E-state index contributed by atoms with van der Waals surface area (Å²) in [5.74, 6) is 0.906. The summed E-state index contributed by atoms with van der Waals surface area (Å²) in [5, 5.41) is 1.05. The second-order valence-electron chi connectivity index (χ2n) is 4.96. The quantitative estimate of drug-likeness (QED) is 0.596. The van der Waals surface area contributed by atoms with E-state index in [1.54, 1.807) is 0 Å². The van der Waals surface area contributed by atoms with Crippen LogP contribution in [0.4, 0.5) is 0 Å². The molecule has 0 radical (unpaired) electrons. The van der Waals surface area contributed by atoms with E-state index in [0.29, 0.717) is 5.69 Å². The summed E-state index contributed by atoms with van der Waals surface area (Å²) in [6.45, 7) is 5.00. The zero-order chi connectivity index (χ0) is 13.7. The fourth-order valence-electron chi connectivity index (χ4n) is 2.23. The van der Waals surface area contributed by atoms with Crippen molar-refractivity contribution >= 4 is 17.2 Å². The molecular formula is C16H21NO2. The maximum atomic E-state index is 10.8. The number of aryl methyl sites for hydroxylation is 1. The number of unbranched alkanes of at least 4 members (excludes halogenated alkanes) is 3. The number of carbonyl (C=O) groups excluding carboxylic acids is 1. The number of benzene rings is 1. The summed E-state index contributed by atoms with van der Waals surface area (Å²) in [5.41, 5.74) is 2.67. The largest absolute Gasteiger partial charge is 0.493 e. The van der Waals surface area contributed by atoms with Gasteiger partial charge >= 0.3 is 0 Å². The summed E-state index contributed by atoms with van der Waals surface area (Å²) in [4.78, 5) is 13.8. The zero-order valence-corrected chi connectivity index (χ0v) is 11.7. The molecule has 1 heterocycles. The minimum Gasteiger partial charge on any atom is -0.493 e. The van der Waals surface area contributed by atoms with Gasteiger partial charge < -0.3 is 9.72 Å². The smallest absolute Gasteiger partial charge is 0.166 e. The molecular weight excluding hydrogens is 238 g/mol.